The molecule has 0 aliphatic carbocycles. The Hall–Kier alpha value is -4.30. The lowest BCUT2D eigenvalue weighted by molar-refractivity contribution is 0.174. The third-order valence-corrected chi connectivity index (χ3v) is 6.24. The largest absolute Gasteiger partial charge is 0.454 e. The van der Waals surface area contributed by atoms with Crippen LogP contribution in [0, 0.1) is 0 Å². The fourth-order valence-corrected chi connectivity index (χ4v) is 4.43. The number of rotatable bonds is 4. The van der Waals surface area contributed by atoms with E-state index in [0.717, 1.165) is 16.8 Å². The Balaban J connectivity index is 1.47. The van der Waals surface area contributed by atoms with Crippen LogP contribution in [0.2, 0.25) is 5.02 Å². The lowest BCUT2D eigenvalue weighted by Crippen LogP contribution is -2.46. The number of carbonyl (C=O) groups is 1. The zero-order chi connectivity index (χ0) is 23.9. The van der Waals surface area contributed by atoms with E-state index in [9.17, 15) is 4.79 Å². The number of ether oxygens (including phenoxy) is 2. The summed E-state index contributed by atoms with van der Waals surface area (Å²) in [5.41, 5.74) is 3.67. The number of amides is 2. The minimum Gasteiger partial charge on any atom is -0.454 e. The van der Waals surface area contributed by atoms with Gasteiger partial charge in [0.05, 0.1) is 17.3 Å². The molecule has 1 N–H and O–H groups in total. The van der Waals surface area contributed by atoms with E-state index in [1.54, 1.807) is 17.0 Å². The second-order valence-electron chi connectivity index (χ2n) is 8.10. The monoisotopic (exact) mass is 486 g/mol. The standard InChI is InChI=1S/C26H19ClN4O4/c1-15-22(25-29-24(30-35-25)17-9-12-20-21(13-17)34-14-33-20)23(16-7-10-18(27)11-8-16)28-26(32)31(15)19-5-3-2-4-6-19/h2-13,23H,14H2,1H3,(H,28,32). The van der Waals surface area contributed by atoms with Gasteiger partial charge in [-0.3, -0.25) is 4.90 Å². The summed E-state index contributed by atoms with van der Waals surface area (Å²) in [4.78, 5) is 19.5. The van der Waals surface area contributed by atoms with E-state index in [2.05, 4.69) is 10.5 Å². The van der Waals surface area contributed by atoms with Crippen LogP contribution in [0.15, 0.2) is 83.0 Å². The van der Waals surface area contributed by atoms with Gasteiger partial charge in [-0.1, -0.05) is 47.1 Å². The molecular formula is C26H19ClN4O4. The van der Waals surface area contributed by atoms with Crippen molar-refractivity contribution in [2.45, 2.75) is 13.0 Å². The van der Waals surface area contributed by atoms with Crippen molar-refractivity contribution in [2.24, 2.45) is 0 Å². The summed E-state index contributed by atoms with van der Waals surface area (Å²) in [6.45, 7) is 2.05. The van der Waals surface area contributed by atoms with Gasteiger partial charge in [0, 0.05) is 16.3 Å². The molecule has 1 atom stereocenters. The predicted octanol–water partition coefficient (Wildman–Crippen LogP) is 5.82. The van der Waals surface area contributed by atoms with Gasteiger partial charge in [0.25, 0.3) is 5.89 Å². The third-order valence-electron chi connectivity index (χ3n) is 5.99. The van der Waals surface area contributed by atoms with Gasteiger partial charge in [-0.05, 0) is 55.0 Å². The number of urea groups is 1. The van der Waals surface area contributed by atoms with E-state index in [1.807, 2.05) is 67.6 Å². The van der Waals surface area contributed by atoms with E-state index in [-0.39, 0.29) is 12.8 Å². The number of para-hydroxylation sites is 1. The highest BCUT2D eigenvalue weighted by Gasteiger charge is 2.36. The summed E-state index contributed by atoms with van der Waals surface area (Å²) in [5, 5.41) is 7.90. The highest BCUT2D eigenvalue weighted by Crippen LogP contribution is 2.40. The molecule has 0 radical (unpaired) electrons. The molecule has 35 heavy (non-hydrogen) atoms. The first-order valence-corrected chi connectivity index (χ1v) is 11.3. The first-order valence-electron chi connectivity index (χ1n) is 10.9. The van der Waals surface area contributed by atoms with Crippen LogP contribution < -0.4 is 19.7 Å². The van der Waals surface area contributed by atoms with Crippen LogP contribution in [0.1, 0.15) is 24.4 Å². The zero-order valence-corrected chi connectivity index (χ0v) is 19.3. The van der Waals surface area contributed by atoms with Crippen LogP contribution in [0.3, 0.4) is 0 Å². The maximum atomic E-state index is 13.2. The average molecular weight is 487 g/mol. The molecule has 0 fully saturated rings. The van der Waals surface area contributed by atoms with Gasteiger partial charge in [0.2, 0.25) is 12.6 Å². The highest BCUT2D eigenvalue weighted by atomic mass is 35.5. The van der Waals surface area contributed by atoms with Crippen LogP contribution in [0.4, 0.5) is 10.5 Å². The summed E-state index contributed by atoms with van der Waals surface area (Å²) in [7, 11) is 0. The molecule has 8 nitrogen and oxygen atoms in total. The molecule has 2 aliphatic heterocycles. The summed E-state index contributed by atoms with van der Waals surface area (Å²) in [5.74, 6) is 2.00. The molecule has 0 bridgehead atoms. The SMILES string of the molecule is CC1=C(c2nc(-c3ccc4c(c3)OCO4)no2)C(c2ccc(Cl)cc2)NC(=O)N1c1ccccc1. The molecule has 4 aromatic rings. The molecule has 2 amide bonds. The quantitative estimate of drug-likeness (QED) is 0.391. The minimum absolute atomic E-state index is 0.181. The van der Waals surface area contributed by atoms with Crippen molar-refractivity contribution in [1.82, 2.24) is 15.5 Å². The Morgan fingerprint density at radius 1 is 1.00 bits per heavy atom. The van der Waals surface area contributed by atoms with Gasteiger partial charge in [-0.25, -0.2) is 4.79 Å². The number of anilines is 1. The molecule has 3 heterocycles. The van der Waals surface area contributed by atoms with Crippen molar-refractivity contribution < 1.29 is 18.8 Å². The molecular weight excluding hydrogens is 468 g/mol. The van der Waals surface area contributed by atoms with Crippen LogP contribution in [-0.4, -0.2) is 23.0 Å². The summed E-state index contributed by atoms with van der Waals surface area (Å²) in [6, 6.07) is 21.4. The molecule has 9 heteroatoms. The lowest BCUT2D eigenvalue weighted by atomic mass is 9.94. The van der Waals surface area contributed by atoms with Gasteiger partial charge >= 0.3 is 6.03 Å². The maximum Gasteiger partial charge on any atom is 0.326 e. The van der Waals surface area contributed by atoms with Crippen molar-refractivity contribution in [3.8, 4) is 22.9 Å². The smallest absolute Gasteiger partial charge is 0.326 e. The first kappa shape index (κ1) is 21.2. The van der Waals surface area contributed by atoms with E-state index >= 15 is 0 Å². The fourth-order valence-electron chi connectivity index (χ4n) is 4.30. The molecule has 3 aromatic carbocycles. The van der Waals surface area contributed by atoms with Gasteiger partial charge < -0.3 is 19.3 Å². The third kappa shape index (κ3) is 3.77. The number of hydrogen-bond acceptors (Lipinski definition) is 6. The first-order chi connectivity index (χ1) is 17.1. The number of aromatic nitrogens is 2. The van der Waals surface area contributed by atoms with Crippen LogP contribution in [0.5, 0.6) is 11.5 Å². The predicted molar refractivity (Wildman–Crippen MR) is 130 cm³/mol. The molecule has 0 saturated carbocycles. The second kappa shape index (κ2) is 8.48. The van der Waals surface area contributed by atoms with Crippen molar-refractivity contribution in [1.29, 1.82) is 0 Å². The summed E-state index contributed by atoms with van der Waals surface area (Å²) < 4.78 is 16.6. The molecule has 1 unspecified atom stereocenters. The Bertz CT molecular complexity index is 1450. The molecule has 174 valence electrons. The number of hydrogen-bond donors (Lipinski definition) is 1. The lowest BCUT2D eigenvalue weighted by Gasteiger charge is -2.35. The maximum absolute atomic E-state index is 13.2. The highest BCUT2D eigenvalue weighted by molar-refractivity contribution is 6.30. The normalized spacial score (nSPS) is 17.0. The van der Waals surface area contributed by atoms with Gasteiger partial charge in [-0.15, -0.1) is 0 Å². The Morgan fingerprint density at radius 2 is 1.77 bits per heavy atom. The number of fused-ring (bicyclic) bond motifs is 1. The van der Waals surface area contributed by atoms with Gasteiger partial charge in [0.15, 0.2) is 11.5 Å². The van der Waals surface area contributed by atoms with Gasteiger partial charge in [0.1, 0.15) is 0 Å². The second-order valence-corrected chi connectivity index (χ2v) is 8.53. The molecule has 0 spiro atoms. The van der Waals surface area contributed by atoms with E-state index in [4.69, 9.17) is 30.6 Å². The Kier molecular flexibility index (Phi) is 5.15. The Morgan fingerprint density at radius 3 is 2.57 bits per heavy atom. The fraction of sp³-hybridized carbons (Fsp3) is 0.115. The Labute approximate surface area is 205 Å². The molecule has 1 aromatic heterocycles. The van der Waals surface area contributed by atoms with Crippen molar-refractivity contribution in [3.05, 3.63) is 95.0 Å². The minimum atomic E-state index is -0.509. The topological polar surface area (TPSA) is 89.7 Å². The number of nitrogens with one attached hydrogen (secondary N) is 1. The van der Waals surface area contributed by atoms with Crippen molar-refractivity contribution in [2.75, 3.05) is 11.7 Å². The van der Waals surface area contributed by atoms with Crippen LogP contribution >= 0.6 is 11.6 Å². The number of nitrogens with zero attached hydrogens (tertiary/aromatic N) is 3. The summed E-state index contributed by atoms with van der Waals surface area (Å²) >= 11 is 6.11. The van der Waals surface area contributed by atoms with Crippen LogP contribution in [0.25, 0.3) is 17.0 Å². The zero-order valence-electron chi connectivity index (χ0n) is 18.6. The van der Waals surface area contributed by atoms with Crippen LogP contribution in [-0.2, 0) is 0 Å². The average Bonchev–Trinajstić information content (AvgIpc) is 3.54. The number of halogens is 1. The van der Waals surface area contributed by atoms with E-state index in [0.29, 0.717) is 39.5 Å². The van der Waals surface area contributed by atoms with E-state index in [1.165, 1.54) is 0 Å². The van der Waals surface area contributed by atoms with E-state index < -0.39 is 6.04 Å². The van der Waals surface area contributed by atoms with Crippen molar-refractivity contribution in [3.63, 3.8) is 0 Å². The number of carbonyl (C=O) groups excluding carboxylic acids is 1. The van der Waals surface area contributed by atoms with Crippen molar-refractivity contribution >= 4 is 28.9 Å². The molecule has 6 rings (SSSR count). The molecule has 0 saturated heterocycles. The summed E-state index contributed by atoms with van der Waals surface area (Å²) in [6.07, 6.45) is 0. The number of benzene rings is 3. The van der Waals surface area contributed by atoms with Gasteiger partial charge in [-0.2, -0.15) is 4.98 Å². The molecule has 2 aliphatic rings. The number of allylic oxidation sites excluding steroid dienone is 1.